The molecule has 0 saturated carbocycles. The van der Waals surface area contributed by atoms with Crippen molar-refractivity contribution in [2.75, 3.05) is 4.90 Å². The van der Waals surface area contributed by atoms with Crippen LogP contribution in [0.4, 0.5) is 5.69 Å². The minimum absolute atomic E-state index is 0.141. The van der Waals surface area contributed by atoms with Gasteiger partial charge in [-0.2, -0.15) is 0 Å². The molecule has 0 N–H and O–H groups in total. The third-order valence-corrected chi connectivity index (χ3v) is 2.37. The number of hydrogen-bond acceptors (Lipinski definition) is 3. The number of aromatic nitrogens is 1. The first kappa shape index (κ1) is 9.86. The first-order chi connectivity index (χ1) is 7.11. The smallest absolute Gasteiger partial charge is 0.261 e. The summed E-state index contributed by atoms with van der Waals surface area (Å²) < 4.78 is 0. The Bertz CT molecular complexity index is 482. The van der Waals surface area contributed by atoms with Gasteiger partial charge in [-0.15, -0.1) is 0 Å². The van der Waals surface area contributed by atoms with Crippen LogP contribution in [-0.2, 0) is 9.59 Å². The molecule has 0 fully saturated rings. The summed E-state index contributed by atoms with van der Waals surface area (Å²) in [6, 6.07) is 3.20. The molecule has 0 aliphatic carbocycles. The van der Waals surface area contributed by atoms with E-state index in [0.29, 0.717) is 11.3 Å². The lowest BCUT2D eigenvalue weighted by Gasteiger charge is -2.14. The Hall–Kier alpha value is -1.68. The second kappa shape index (κ2) is 3.47. The van der Waals surface area contributed by atoms with Crippen LogP contribution in [0.1, 0.15) is 6.92 Å². The Morgan fingerprint density at radius 1 is 1.40 bits per heavy atom. The fraction of sp³-hybridized carbons (Fsp3) is 0.100. The Kier molecular flexibility index (Phi) is 2.28. The van der Waals surface area contributed by atoms with Crippen LogP contribution in [0.2, 0.25) is 5.15 Å². The Morgan fingerprint density at radius 3 is 2.67 bits per heavy atom. The average Bonchev–Trinajstić information content (AvgIpc) is 2.43. The molecule has 1 aliphatic heterocycles. The third-order valence-electron chi connectivity index (χ3n) is 2.08. The van der Waals surface area contributed by atoms with Gasteiger partial charge in [0, 0.05) is 17.8 Å². The van der Waals surface area contributed by atoms with Gasteiger partial charge < -0.3 is 0 Å². The van der Waals surface area contributed by atoms with Crippen LogP contribution in [0.3, 0.4) is 0 Å². The molecule has 1 aromatic heterocycles. The number of nitrogens with zero attached hydrogens (tertiary/aromatic N) is 2. The van der Waals surface area contributed by atoms with E-state index >= 15 is 0 Å². The van der Waals surface area contributed by atoms with Gasteiger partial charge in [0.2, 0.25) is 0 Å². The number of imide groups is 1. The summed E-state index contributed by atoms with van der Waals surface area (Å²) >= 11 is 5.80. The van der Waals surface area contributed by atoms with Gasteiger partial charge in [-0.05, 0) is 19.1 Å². The lowest BCUT2D eigenvalue weighted by Crippen LogP contribution is -2.30. The second-order valence-electron chi connectivity index (χ2n) is 3.12. The summed E-state index contributed by atoms with van der Waals surface area (Å²) in [6.07, 6.45) is 2.78. The van der Waals surface area contributed by atoms with Crippen molar-refractivity contribution in [3.05, 3.63) is 35.1 Å². The van der Waals surface area contributed by atoms with Gasteiger partial charge in [0.15, 0.2) is 5.15 Å². The number of halogens is 1. The summed E-state index contributed by atoms with van der Waals surface area (Å²) in [5.41, 5.74) is 0.724. The van der Waals surface area contributed by atoms with Gasteiger partial charge in [0.05, 0.1) is 5.69 Å². The lowest BCUT2D eigenvalue weighted by molar-refractivity contribution is -0.120. The van der Waals surface area contributed by atoms with Crippen LogP contribution in [0.15, 0.2) is 30.0 Å². The summed E-state index contributed by atoms with van der Waals surface area (Å²) in [4.78, 5) is 27.9. The van der Waals surface area contributed by atoms with E-state index in [-0.39, 0.29) is 17.0 Å². The van der Waals surface area contributed by atoms with Crippen LogP contribution >= 0.6 is 11.6 Å². The highest BCUT2D eigenvalue weighted by atomic mass is 35.5. The van der Waals surface area contributed by atoms with Crippen LogP contribution < -0.4 is 4.90 Å². The first-order valence-corrected chi connectivity index (χ1v) is 4.66. The maximum Gasteiger partial charge on any atom is 0.261 e. The van der Waals surface area contributed by atoms with E-state index in [1.54, 1.807) is 19.1 Å². The van der Waals surface area contributed by atoms with Crippen molar-refractivity contribution in [1.29, 1.82) is 0 Å². The molecule has 0 saturated heterocycles. The molecule has 5 heteroatoms. The van der Waals surface area contributed by atoms with Crippen molar-refractivity contribution in [1.82, 2.24) is 4.98 Å². The van der Waals surface area contributed by atoms with Crippen LogP contribution in [0.25, 0.3) is 0 Å². The normalized spacial score (nSPS) is 15.9. The number of carbonyl (C=O) groups is 2. The standard InChI is InChI=1S/C10H7ClN2O2/c1-6-5-8(14)13(10(6)15)7-3-2-4-12-9(7)11/h2-5H,1H3. The van der Waals surface area contributed by atoms with Crippen molar-refractivity contribution in [2.24, 2.45) is 0 Å². The maximum atomic E-state index is 11.6. The van der Waals surface area contributed by atoms with Crippen LogP contribution in [-0.4, -0.2) is 16.8 Å². The van der Waals surface area contributed by atoms with Crippen LogP contribution in [0, 0.1) is 0 Å². The highest BCUT2D eigenvalue weighted by Gasteiger charge is 2.31. The SMILES string of the molecule is CC1=CC(=O)N(c2cccnc2Cl)C1=O. The molecule has 15 heavy (non-hydrogen) atoms. The van der Waals surface area contributed by atoms with E-state index in [9.17, 15) is 9.59 Å². The molecule has 4 nitrogen and oxygen atoms in total. The molecule has 1 aromatic rings. The zero-order valence-electron chi connectivity index (χ0n) is 7.90. The molecular formula is C10H7ClN2O2. The highest BCUT2D eigenvalue weighted by molar-refractivity contribution is 6.37. The average molecular weight is 223 g/mol. The van der Waals surface area contributed by atoms with E-state index < -0.39 is 0 Å². The number of pyridine rings is 1. The minimum Gasteiger partial charge on any atom is -0.269 e. The quantitative estimate of drug-likeness (QED) is 0.535. The van der Waals surface area contributed by atoms with Crippen molar-refractivity contribution in [3.8, 4) is 0 Å². The minimum atomic E-state index is -0.382. The van der Waals surface area contributed by atoms with E-state index in [0.717, 1.165) is 4.90 Å². The summed E-state index contributed by atoms with van der Waals surface area (Å²) in [6.45, 7) is 1.59. The number of rotatable bonds is 1. The van der Waals surface area contributed by atoms with Gasteiger partial charge >= 0.3 is 0 Å². The number of amides is 2. The van der Waals surface area contributed by atoms with E-state index in [1.807, 2.05) is 0 Å². The fourth-order valence-corrected chi connectivity index (χ4v) is 1.56. The molecule has 0 unspecified atom stereocenters. The molecule has 2 rings (SSSR count). The van der Waals surface area contributed by atoms with Crippen molar-refractivity contribution >= 4 is 29.1 Å². The predicted octanol–water partition coefficient (Wildman–Crippen LogP) is 1.55. The molecule has 0 aromatic carbocycles. The van der Waals surface area contributed by atoms with Gasteiger partial charge in [-0.25, -0.2) is 9.88 Å². The van der Waals surface area contributed by atoms with E-state index in [1.165, 1.54) is 12.3 Å². The van der Waals surface area contributed by atoms with E-state index in [2.05, 4.69) is 4.98 Å². The van der Waals surface area contributed by atoms with Crippen molar-refractivity contribution in [2.45, 2.75) is 6.92 Å². The molecule has 0 atom stereocenters. The molecular weight excluding hydrogens is 216 g/mol. The monoisotopic (exact) mass is 222 g/mol. The fourth-order valence-electron chi connectivity index (χ4n) is 1.36. The summed E-state index contributed by atoms with van der Waals surface area (Å²) in [5, 5.41) is 0.141. The summed E-state index contributed by atoms with van der Waals surface area (Å²) in [5.74, 6) is -0.734. The van der Waals surface area contributed by atoms with Gasteiger partial charge in [-0.1, -0.05) is 11.6 Å². The second-order valence-corrected chi connectivity index (χ2v) is 3.48. The molecule has 2 amide bonds. The number of anilines is 1. The van der Waals surface area contributed by atoms with Crippen molar-refractivity contribution < 1.29 is 9.59 Å². The van der Waals surface area contributed by atoms with E-state index in [4.69, 9.17) is 11.6 Å². The molecule has 2 heterocycles. The highest BCUT2D eigenvalue weighted by Crippen LogP contribution is 2.27. The first-order valence-electron chi connectivity index (χ1n) is 4.28. The Labute approximate surface area is 91.2 Å². The summed E-state index contributed by atoms with van der Waals surface area (Å²) in [7, 11) is 0. The largest absolute Gasteiger partial charge is 0.269 e. The lowest BCUT2D eigenvalue weighted by atomic mass is 10.3. The third kappa shape index (κ3) is 1.53. The van der Waals surface area contributed by atoms with Gasteiger partial charge in [0.25, 0.3) is 11.8 Å². The number of carbonyl (C=O) groups excluding carboxylic acids is 2. The predicted molar refractivity (Wildman–Crippen MR) is 55.5 cm³/mol. The molecule has 0 spiro atoms. The maximum absolute atomic E-state index is 11.6. The zero-order valence-corrected chi connectivity index (χ0v) is 8.65. The van der Waals surface area contributed by atoms with Crippen LogP contribution in [0.5, 0.6) is 0 Å². The Morgan fingerprint density at radius 2 is 2.13 bits per heavy atom. The molecule has 0 bridgehead atoms. The topological polar surface area (TPSA) is 50.3 Å². The Balaban J connectivity index is 2.47. The van der Waals surface area contributed by atoms with Crippen molar-refractivity contribution in [3.63, 3.8) is 0 Å². The zero-order chi connectivity index (χ0) is 11.0. The molecule has 0 radical (unpaired) electrons. The molecule has 1 aliphatic rings. The molecule has 76 valence electrons. The number of hydrogen-bond donors (Lipinski definition) is 0. The van der Waals surface area contributed by atoms with Gasteiger partial charge in [0.1, 0.15) is 0 Å². The van der Waals surface area contributed by atoms with Gasteiger partial charge in [-0.3, -0.25) is 9.59 Å².